The molecule has 0 heterocycles. The molecule has 2 atom stereocenters. The number of nitrogens with one attached hydrogen (secondary N) is 1. The van der Waals surface area contributed by atoms with E-state index in [1.807, 2.05) is 31.2 Å². The van der Waals surface area contributed by atoms with Crippen LogP contribution in [-0.4, -0.2) is 18.3 Å². The van der Waals surface area contributed by atoms with Gasteiger partial charge in [-0.2, -0.15) is 0 Å². The molecule has 0 spiro atoms. The first-order chi connectivity index (χ1) is 11.2. The lowest BCUT2D eigenvalue weighted by atomic mass is 9.95. The first-order valence-corrected chi connectivity index (χ1v) is 8.28. The third kappa shape index (κ3) is 4.88. The molecule has 2 nitrogen and oxygen atoms in total. The van der Waals surface area contributed by atoms with E-state index in [9.17, 15) is 9.50 Å². The molecule has 3 heteroatoms. The summed E-state index contributed by atoms with van der Waals surface area (Å²) in [5.74, 6) is -0.0526. The van der Waals surface area contributed by atoms with Crippen LogP contribution >= 0.6 is 0 Å². The first-order valence-electron chi connectivity index (χ1n) is 8.28. The van der Waals surface area contributed by atoms with Crippen LogP contribution in [0, 0.1) is 18.7 Å². The molecule has 2 rings (SSSR count). The van der Waals surface area contributed by atoms with Crippen LogP contribution in [0.3, 0.4) is 0 Å². The summed E-state index contributed by atoms with van der Waals surface area (Å²) in [7, 11) is 0. The monoisotopic (exact) mass is 315 g/mol. The van der Waals surface area contributed by atoms with Crippen LogP contribution in [-0.2, 0) is 6.42 Å². The van der Waals surface area contributed by atoms with Gasteiger partial charge in [-0.05, 0) is 42.9 Å². The zero-order chi connectivity index (χ0) is 16.7. The molecule has 0 saturated heterocycles. The van der Waals surface area contributed by atoms with Gasteiger partial charge in [-0.3, -0.25) is 0 Å². The zero-order valence-electron chi connectivity index (χ0n) is 13.9. The minimum Gasteiger partial charge on any atom is -0.396 e. The van der Waals surface area contributed by atoms with E-state index in [1.165, 1.54) is 17.2 Å². The molecule has 124 valence electrons. The third-order valence-corrected chi connectivity index (χ3v) is 4.37. The number of aliphatic hydroxyl groups excluding tert-OH is 1. The zero-order valence-corrected chi connectivity index (χ0v) is 13.9. The van der Waals surface area contributed by atoms with Gasteiger partial charge in [0, 0.05) is 24.8 Å². The summed E-state index contributed by atoms with van der Waals surface area (Å²) < 4.78 is 13.9. The van der Waals surface area contributed by atoms with Crippen LogP contribution in [0.15, 0.2) is 48.5 Å². The van der Waals surface area contributed by atoms with E-state index in [0.717, 1.165) is 12.8 Å². The lowest BCUT2D eigenvalue weighted by molar-refractivity contribution is 0.217. The van der Waals surface area contributed by atoms with Crippen LogP contribution in [0.1, 0.15) is 36.1 Å². The average molecular weight is 315 g/mol. The second-order valence-electron chi connectivity index (χ2n) is 6.07. The van der Waals surface area contributed by atoms with Crippen LogP contribution in [0.2, 0.25) is 0 Å². The molecule has 23 heavy (non-hydrogen) atoms. The molecule has 0 aromatic heterocycles. The van der Waals surface area contributed by atoms with Crippen molar-refractivity contribution < 1.29 is 9.50 Å². The van der Waals surface area contributed by atoms with Crippen molar-refractivity contribution in [3.05, 3.63) is 71.0 Å². The highest BCUT2D eigenvalue weighted by molar-refractivity contribution is 5.26. The van der Waals surface area contributed by atoms with Crippen molar-refractivity contribution in [2.45, 2.75) is 32.7 Å². The second-order valence-corrected chi connectivity index (χ2v) is 6.07. The molecule has 0 aliphatic carbocycles. The predicted molar refractivity (Wildman–Crippen MR) is 92.9 cm³/mol. The van der Waals surface area contributed by atoms with Crippen molar-refractivity contribution in [1.82, 2.24) is 5.32 Å². The summed E-state index contributed by atoms with van der Waals surface area (Å²) in [6.07, 6.45) is 1.63. The van der Waals surface area contributed by atoms with Gasteiger partial charge in [-0.15, -0.1) is 0 Å². The normalized spacial score (nSPS) is 13.7. The Morgan fingerprint density at radius 1 is 1.09 bits per heavy atom. The van der Waals surface area contributed by atoms with Gasteiger partial charge in [-0.25, -0.2) is 4.39 Å². The summed E-state index contributed by atoms with van der Waals surface area (Å²) in [5.41, 5.74) is 3.20. The van der Waals surface area contributed by atoms with E-state index in [1.54, 1.807) is 6.07 Å². The molecule has 0 aliphatic heterocycles. The Labute approximate surface area is 138 Å². The Morgan fingerprint density at radius 3 is 2.43 bits per heavy atom. The fourth-order valence-corrected chi connectivity index (χ4v) is 2.89. The summed E-state index contributed by atoms with van der Waals surface area (Å²) in [4.78, 5) is 0. The van der Waals surface area contributed by atoms with Gasteiger partial charge >= 0.3 is 0 Å². The Hall–Kier alpha value is -1.71. The maximum absolute atomic E-state index is 13.9. The van der Waals surface area contributed by atoms with Crippen LogP contribution in [0.4, 0.5) is 4.39 Å². The van der Waals surface area contributed by atoms with Crippen molar-refractivity contribution in [3.63, 3.8) is 0 Å². The van der Waals surface area contributed by atoms with Crippen LogP contribution in [0.5, 0.6) is 0 Å². The van der Waals surface area contributed by atoms with E-state index < -0.39 is 0 Å². The van der Waals surface area contributed by atoms with Crippen molar-refractivity contribution in [2.24, 2.45) is 5.92 Å². The highest BCUT2D eigenvalue weighted by Crippen LogP contribution is 2.20. The molecule has 2 unspecified atom stereocenters. The first kappa shape index (κ1) is 17.6. The third-order valence-electron chi connectivity index (χ3n) is 4.37. The second kappa shape index (κ2) is 8.80. The van der Waals surface area contributed by atoms with E-state index in [2.05, 4.69) is 24.4 Å². The van der Waals surface area contributed by atoms with Crippen molar-refractivity contribution in [3.8, 4) is 0 Å². The number of benzene rings is 2. The largest absolute Gasteiger partial charge is 0.396 e. The highest BCUT2D eigenvalue weighted by atomic mass is 19.1. The lowest BCUT2D eigenvalue weighted by Gasteiger charge is -2.22. The van der Waals surface area contributed by atoms with E-state index in [4.69, 9.17) is 0 Å². The van der Waals surface area contributed by atoms with Crippen molar-refractivity contribution >= 4 is 0 Å². The number of hydrogen-bond donors (Lipinski definition) is 2. The number of aryl methyl sites for hydroxylation is 1. The molecule has 0 aliphatic rings. The predicted octanol–water partition coefficient (Wildman–Crippen LogP) is 4.03. The molecule has 2 N–H and O–H groups in total. The fourth-order valence-electron chi connectivity index (χ4n) is 2.89. The topological polar surface area (TPSA) is 32.3 Å². The molecular formula is C20H26FNO. The molecule has 0 radical (unpaired) electrons. The molecular weight excluding hydrogens is 289 g/mol. The molecule has 0 fully saturated rings. The minimum atomic E-state index is -0.175. The number of rotatable bonds is 8. The van der Waals surface area contributed by atoms with E-state index in [-0.39, 0.29) is 24.4 Å². The van der Waals surface area contributed by atoms with E-state index in [0.29, 0.717) is 12.1 Å². The molecule has 0 bridgehead atoms. The lowest BCUT2D eigenvalue weighted by Crippen LogP contribution is -2.30. The van der Waals surface area contributed by atoms with Crippen LogP contribution in [0.25, 0.3) is 0 Å². The smallest absolute Gasteiger partial charge is 0.127 e. The van der Waals surface area contributed by atoms with Gasteiger partial charge in [0.25, 0.3) is 0 Å². The standard InChI is InChI=1S/C20H26FNO/c1-3-20(18-10-6-7-11-19(18)21)22-13-16(14-23)12-17-9-5-4-8-15(17)2/h4-11,16,20,22-23H,3,12-14H2,1-2H3. The quantitative estimate of drug-likeness (QED) is 0.771. The summed E-state index contributed by atoms with van der Waals surface area (Å²) in [6, 6.07) is 15.1. The number of aliphatic hydroxyl groups is 1. The highest BCUT2D eigenvalue weighted by Gasteiger charge is 2.16. The number of halogens is 1. The Balaban J connectivity index is 1.99. The SMILES string of the molecule is CCC(NCC(CO)Cc1ccccc1C)c1ccccc1F. The summed E-state index contributed by atoms with van der Waals surface area (Å²) in [6.45, 7) is 4.91. The maximum Gasteiger partial charge on any atom is 0.127 e. The van der Waals surface area contributed by atoms with Crippen molar-refractivity contribution in [2.75, 3.05) is 13.2 Å². The van der Waals surface area contributed by atoms with Crippen LogP contribution < -0.4 is 5.32 Å². The van der Waals surface area contributed by atoms with Gasteiger partial charge in [0.15, 0.2) is 0 Å². The van der Waals surface area contributed by atoms with Crippen molar-refractivity contribution in [1.29, 1.82) is 0 Å². The molecule has 0 saturated carbocycles. The molecule has 0 amide bonds. The summed E-state index contributed by atoms with van der Waals surface area (Å²) >= 11 is 0. The molecule has 2 aromatic rings. The fraction of sp³-hybridized carbons (Fsp3) is 0.400. The minimum absolute atomic E-state index is 0.0258. The van der Waals surface area contributed by atoms with Gasteiger partial charge in [0.2, 0.25) is 0 Å². The van der Waals surface area contributed by atoms with Gasteiger partial charge < -0.3 is 10.4 Å². The maximum atomic E-state index is 13.9. The van der Waals surface area contributed by atoms with Gasteiger partial charge in [0.05, 0.1) is 0 Å². The molecule has 2 aromatic carbocycles. The number of hydrogen-bond acceptors (Lipinski definition) is 2. The van der Waals surface area contributed by atoms with Gasteiger partial charge in [-0.1, -0.05) is 49.4 Å². The average Bonchev–Trinajstić information content (AvgIpc) is 2.57. The Kier molecular flexibility index (Phi) is 6.75. The Morgan fingerprint density at radius 2 is 1.78 bits per heavy atom. The van der Waals surface area contributed by atoms with Gasteiger partial charge in [0.1, 0.15) is 5.82 Å². The Bertz CT molecular complexity index is 614. The van der Waals surface area contributed by atoms with E-state index >= 15 is 0 Å². The summed E-state index contributed by atoms with van der Waals surface area (Å²) in [5, 5.41) is 13.1.